The van der Waals surface area contributed by atoms with Gasteiger partial charge >= 0.3 is 5.97 Å². The first kappa shape index (κ1) is 25.5. The van der Waals surface area contributed by atoms with Gasteiger partial charge in [0.1, 0.15) is 11.5 Å². The second kappa shape index (κ2) is 10.3. The summed E-state index contributed by atoms with van der Waals surface area (Å²) in [5.41, 5.74) is 0.684. The number of benzene rings is 2. The van der Waals surface area contributed by atoms with Crippen molar-refractivity contribution in [2.45, 2.75) is 13.3 Å². The molecule has 2 rings (SSSR count). The fourth-order valence-corrected chi connectivity index (χ4v) is 3.52. The van der Waals surface area contributed by atoms with E-state index in [0.717, 1.165) is 31.5 Å². The molecule has 1 amide bonds. The van der Waals surface area contributed by atoms with Crippen LogP contribution < -0.4 is 9.79 Å². The number of hydrogen-bond acceptors (Lipinski definition) is 6. The fourth-order valence-electron chi connectivity index (χ4n) is 2.67. The average molecular weight is 534 g/mol. The van der Waals surface area contributed by atoms with E-state index in [4.69, 9.17) is 4.84 Å². The number of anilines is 2. The first-order valence-corrected chi connectivity index (χ1v) is 12.0. The van der Waals surface area contributed by atoms with Gasteiger partial charge in [-0.2, -0.15) is 0 Å². The van der Waals surface area contributed by atoms with E-state index in [2.05, 4.69) is 21.4 Å². The predicted octanol–water partition coefficient (Wildman–Crippen LogP) is 3.79. The van der Waals surface area contributed by atoms with E-state index in [-0.39, 0.29) is 11.3 Å². The maximum Gasteiger partial charge on any atom is 0.362 e. The Kier molecular flexibility index (Phi) is 8.18. The summed E-state index contributed by atoms with van der Waals surface area (Å²) in [6.07, 6.45) is 1.45. The molecule has 0 saturated heterocycles. The van der Waals surface area contributed by atoms with Crippen molar-refractivity contribution in [3.8, 4) is 0 Å². The van der Waals surface area contributed by atoms with Crippen LogP contribution in [0.3, 0.4) is 0 Å². The van der Waals surface area contributed by atoms with Crippen molar-refractivity contribution in [1.29, 1.82) is 0 Å². The summed E-state index contributed by atoms with van der Waals surface area (Å²) < 4.78 is 54.0. The molecule has 174 valence electrons. The van der Waals surface area contributed by atoms with Crippen LogP contribution in [0.25, 0.3) is 0 Å². The Hall–Kier alpha value is -2.73. The van der Waals surface area contributed by atoms with Crippen molar-refractivity contribution in [2.75, 3.05) is 36.7 Å². The van der Waals surface area contributed by atoms with Crippen molar-refractivity contribution >= 4 is 49.2 Å². The lowest BCUT2D eigenvalue weighted by molar-refractivity contribution is 0.0595. The molecule has 1 N–H and O–H groups in total. The van der Waals surface area contributed by atoms with Crippen LogP contribution in [0.15, 0.2) is 34.8 Å². The molecule has 0 aliphatic rings. The molecule has 0 saturated carbocycles. The Morgan fingerprint density at radius 3 is 2.41 bits per heavy atom. The van der Waals surface area contributed by atoms with E-state index in [9.17, 15) is 22.4 Å². The number of nitrogens with one attached hydrogen (secondary N) is 1. The molecule has 0 atom stereocenters. The first-order valence-electron chi connectivity index (χ1n) is 9.32. The zero-order valence-electron chi connectivity index (χ0n) is 17.8. The molecular formula is C20H22BrF2N3O5S. The highest BCUT2D eigenvalue weighted by molar-refractivity contribution is 9.10. The van der Waals surface area contributed by atoms with Gasteiger partial charge in [-0.25, -0.2) is 27.5 Å². The lowest BCUT2D eigenvalue weighted by Crippen LogP contribution is -2.31. The summed E-state index contributed by atoms with van der Waals surface area (Å²) in [7, 11) is -1.38. The molecule has 0 heterocycles. The molecule has 0 spiro atoms. The molecular weight excluding hydrogens is 512 g/mol. The van der Waals surface area contributed by atoms with E-state index < -0.39 is 44.8 Å². The van der Waals surface area contributed by atoms with Crippen molar-refractivity contribution in [2.24, 2.45) is 0 Å². The lowest BCUT2D eigenvalue weighted by atomic mass is 10.1. The summed E-state index contributed by atoms with van der Waals surface area (Å²) in [5.74, 6) is -3.63. The van der Waals surface area contributed by atoms with Gasteiger partial charge in [0.15, 0.2) is 5.82 Å². The average Bonchev–Trinajstić information content (AvgIpc) is 2.72. The van der Waals surface area contributed by atoms with Crippen molar-refractivity contribution in [3.63, 3.8) is 0 Å². The highest BCUT2D eigenvalue weighted by Crippen LogP contribution is 2.27. The van der Waals surface area contributed by atoms with Crippen LogP contribution in [-0.4, -0.2) is 52.1 Å². The molecule has 8 nitrogen and oxygen atoms in total. The summed E-state index contributed by atoms with van der Waals surface area (Å²) in [6, 6.07) is 5.81. The molecule has 2 aromatic rings. The maximum absolute atomic E-state index is 15.1. The molecule has 12 heteroatoms. The van der Waals surface area contributed by atoms with Gasteiger partial charge in [-0.1, -0.05) is 22.9 Å². The molecule has 0 aliphatic heterocycles. The van der Waals surface area contributed by atoms with E-state index >= 15 is 4.39 Å². The van der Waals surface area contributed by atoms with Crippen molar-refractivity contribution in [1.82, 2.24) is 4.90 Å². The van der Waals surface area contributed by atoms with Gasteiger partial charge in [0.05, 0.1) is 23.1 Å². The van der Waals surface area contributed by atoms with Crippen LogP contribution in [0.4, 0.5) is 20.2 Å². The topological polar surface area (TPSA) is 96.0 Å². The van der Waals surface area contributed by atoms with Crippen LogP contribution in [0.5, 0.6) is 0 Å². The highest BCUT2D eigenvalue weighted by atomic mass is 79.9. The normalized spacial score (nSPS) is 11.1. The largest absolute Gasteiger partial charge is 0.362 e. The zero-order chi connectivity index (χ0) is 24.2. The Balaban J connectivity index is 2.48. The molecule has 2 aromatic carbocycles. The number of sulfonamides is 1. The quantitative estimate of drug-likeness (QED) is 0.518. The third-order valence-electron chi connectivity index (χ3n) is 4.44. The van der Waals surface area contributed by atoms with Gasteiger partial charge in [0, 0.05) is 25.1 Å². The van der Waals surface area contributed by atoms with E-state index in [1.165, 1.54) is 24.1 Å². The van der Waals surface area contributed by atoms with Crippen LogP contribution >= 0.6 is 15.9 Å². The fraction of sp³-hybridized carbons (Fsp3) is 0.300. The second-order valence-corrected chi connectivity index (χ2v) is 9.86. The maximum atomic E-state index is 15.1. The van der Waals surface area contributed by atoms with E-state index in [1.54, 1.807) is 0 Å². The summed E-state index contributed by atoms with van der Waals surface area (Å²) in [5, 5.41) is 0. The Morgan fingerprint density at radius 1 is 1.16 bits per heavy atom. The number of amides is 1. The summed E-state index contributed by atoms with van der Waals surface area (Å²) in [4.78, 5) is 31.4. The third-order valence-corrected chi connectivity index (χ3v) is 6.13. The van der Waals surface area contributed by atoms with Crippen molar-refractivity contribution in [3.05, 3.63) is 57.6 Å². The predicted molar refractivity (Wildman–Crippen MR) is 120 cm³/mol. The van der Waals surface area contributed by atoms with Gasteiger partial charge in [-0.15, -0.1) is 0 Å². The Morgan fingerprint density at radius 2 is 1.81 bits per heavy atom. The second-order valence-electron chi connectivity index (χ2n) is 6.93. The van der Waals surface area contributed by atoms with Crippen LogP contribution in [0, 0.1) is 11.6 Å². The highest BCUT2D eigenvalue weighted by Gasteiger charge is 2.27. The molecule has 0 aliphatic carbocycles. The first-order chi connectivity index (χ1) is 14.9. The number of carbonyl (C=O) groups is 2. The molecule has 0 aromatic heterocycles. The van der Waals surface area contributed by atoms with E-state index in [1.807, 2.05) is 6.92 Å². The number of halogens is 3. The standard InChI is InChI=1S/C20H22BrF2N3O5S/c1-5-8-25(2)19(27)14-9-12(10-17(18(14)23)26(3)32(4,29)30)20(28)31-24-16-11-13(21)6-7-15(16)22/h6-7,9-11,24H,5,8H2,1-4H3. The molecule has 32 heavy (non-hydrogen) atoms. The van der Waals surface area contributed by atoms with Gasteiger partial charge in [0.2, 0.25) is 10.0 Å². The van der Waals surface area contributed by atoms with Gasteiger partial charge in [0.25, 0.3) is 5.91 Å². The smallest absolute Gasteiger partial charge is 0.342 e. The van der Waals surface area contributed by atoms with E-state index in [0.29, 0.717) is 21.7 Å². The number of carbonyl (C=O) groups excluding carboxylic acids is 2. The Labute approximate surface area is 193 Å². The summed E-state index contributed by atoms with van der Waals surface area (Å²) in [6.45, 7) is 2.14. The third kappa shape index (κ3) is 5.94. The lowest BCUT2D eigenvalue weighted by Gasteiger charge is -2.22. The molecule has 0 fully saturated rings. The summed E-state index contributed by atoms with van der Waals surface area (Å²) >= 11 is 3.16. The Bertz CT molecular complexity index is 1140. The van der Waals surface area contributed by atoms with Crippen molar-refractivity contribution < 1.29 is 31.6 Å². The minimum atomic E-state index is -3.91. The van der Waals surface area contributed by atoms with Gasteiger partial charge in [-0.05, 0) is 36.8 Å². The monoisotopic (exact) mass is 533 g/mol. The SMILES string of the molecule is CCCN(C)C(=O)c1cc(C(=O)ONc2cc(Br)ccc2F)cc(N(C)S(C)(=O)=O)c1F. The van der Waals surface area contributed by atoms with Crippen LogP contribution in [-0.2, 0) is 14.9 Å². The number of hydrogen-bond donors (Lipinski definition) is 1. The number of rotatable bonds is 8. The molecule has 0 bridgehead atoms. The molecule has 0 radical (unpaired) electrons. The minimum Gasteiger partial charge on any atom is -0.342 e. The van der Waals surface area contributed by atoms with Crippen LogP contribution in [0.1, 0.15) is 34.1 Å². The van der Waals surface area contributed by atoms with Gasteiger partial charge < -0.3 is 9.74 Å². The van der Waals surface area contributed by atoms with Gasteiger partial charge in [-0.3, -0.25) is 9.10 Å². The zero-order valence-corrected chi connectivity index (χ0v) is 20.2. The number of nitrogens with zero attached hydrogens (tertiary/aromatic N) is 2. The molecule has 0 unspecified atom stereocenters. The minimum absolute atomic E-state index is 0.151. The van der Waals surface area contributed by atoms with Crippen LogP contribution in [0.2, 0.25) is 0 Å².